The molecule has 0 bridgehead atoms. The van der Waals surface area contributed by atoms with Crippen molar-refractivity contribution in [3.63, 3.8) is 0 Å². The number of halogens is 1. The van der Waals surface area contributed by atoms with Gasteiger partial charge in [0.1, 0.15) is 0 Å². The average molecular weight is 146 g/mol. The molecule has 0 aliphatic heterocycles. The minimum Gasteiger partial charge on any atom is -0.197 e. The Balaban J connectivity index is 2.90. The molecule has 0 unspecified atom stereocenters. The molecule has 0 radical (unpaired) electrons. The van der Waals surface area contributed by atoms with Crippen molar-refractivity contribution in [3.05, 3.63) is 41.7 Å². The molecule has 11 heavy (non-hydrogen) atoms. The van der Waals surface area contributed by atoms with Crippen LogP contribution in [0.5, 0.6) is 0 Å². The second-order valence-electron chi connectivity index (χ2n) is 2.05. The van der Waals surface area contributed by atoms with Crippen LogP contribution in [0.4, 0.5) is 4.39 Å². The molecule has 1 heteroatoms. The molecule has 0 fully saturated rings. The van der Waals surface area contributed by atoms with Crippen molar-refractivity contribution in [2.75, 3.05) is 0 Å². The van der Waals surface area contributed by atoms with E-state index >= 15 is 0 Å². The fourth-order valence-corrected chi connectivity index (χ4v) is 0.737. The van der Waals surface area contributed by atoms with Gasteiger partial charge in [0.05, 0.1) is 0 Å². The van der Waals surface area contributed by atoms with Crippen molar-refractivity contribution in [1.82, 2.24) is 0 Å². The summed E-state index contributed by atoms with van der Waals surface area (Å²) in [5.74, 6) is 1.36. The number of benzene rings is 1. The van der Waals surface area contributed by atoms with Crippen LogP contribution in [0.1, 0.15) is 5.56 Å². The molecule has 0 spiro atoms. The Labute approximate surface area is 65.4 Å². The first-order valence-electron chi connectivity index (χ1n) is 3.22. The minimum atomic E-state index is -0.545. The van der Waals surface area contributed by atoms with Crippen LogP contribution in [0.25, 0.3) is 6.08 Å². The normalized spacial score (nSPS) is 10.7. The molecule has 1 aromatic rings. The molecule has 0 amide bonds. The lowest BCUT2D eigenvalue weighted by Gasteiger charge is -1.88. The van der Waals surface area contributed by atoms with Crippen LogP contribution in [-0.4, -0.2) is 0 Å². The fraction of sp³-hybridized carbons (Fsp3) is 0. The summed E-state index contributed by atoms with van der Waals surface area (Å²) in [5, 5.41) is 0. The highest BCUT2D eigenvalue weighted by Gasteiger charge is 1.87. The molecule has 0 aromatic heterocycles. The third-order valence-corrected chi connectivity index (χ3v) is 1.23. The molecule has 0 aliphatic carbocycles. The summed E-state index contributed by atoms with van der Waals surface area (Å²) in [6, 6.07) is 9.10. The van der Waals surface area contributed by atoms with Gasteiger partial charge in [-0.3, -0.25) is 0 Å². The van der Waals surface area contributed by atoms with E-state index in [0.29, 0.717) is 0 Å². The summed E-state index contributed by atoms with van der Waals surface area (Å²) in [7, 11) is 0. The maximum Gasteiger partial charge on any atom is 0.173 e. The molecular weight excluding hydrogens is 139 g/mol. The van der Waals surface area contributed by atoms with Crippen molar-refractivity contribution in [3.8, 4) is 12.3 Å². The van der Waals surface area contributed by atoms with Gasteiger partial charge in [0.25, 0.3) is 0 Å². The Hall–Kier alpha value is -1.55. The number of hydrogen-bond donors (Lipinski definition) is 0. The molecule has 1 aromatic carbocycles. The molecule has 54 valence electrons. The van der Waals surface area contributed by atoms with E-state index in [1.165, 1.54) is 6.08 Å². The standard InChI is InChI=1S/C10H7F/c1-2-10(11)8-9-6-4-3-5-7-9/h1,3-8H/b10-8-. The first-order chi connectivity index (χ1) is 5.33. The van der Waals surface area contributed by atoms with Crippen LogP contribution in [-0.2, 0) is 0 Å². The van der Waals surface area contributed by atoms with Crippen LogP contribution in [0, 0.1) is 12.3 Å². The van der Waals surface area contributed by atoms with Gasteiger partial charge in [-0.1, -0.05) is 30.3 Å². The van der Waals surface area contributed by atoms with E-state index in [0.717, 1.165) is 5.56 Å². The van der Waals surface area contributed by atoms with Gasteiger partial charge in [0.2, 0.25) is 0 Å². The van der Waals surface area contributed by atoms with Gasteiger partial charge in [-0.05, 0) is 17.6 Å². The molecule has 0 nitrogen and oxygen atoms in total. The lowest BCUT2D eigenvalue weighted by molar-refractivity contribution is 0.683. The van der Waals surface area contributed by atoms with Crippen LogP contribution in [0.15, 0.2) is 36.2 Å². The Morgan fingerprint density at radius 2 is 2.00 bits per heavy atom. The topological polar surface area (TPSA) is 0 Å². The van der Waals surface area contributed by atoms with Gasteiger partial charge < -0.3 is 0 Å². The maximum atomic E-state index is 12.4. The zero-order valence-corrected chi connectivity index (χ0v) is 5.92. The zero-order valence-electron chi connectivity index (χ0n) is 5.92. The summed E-state index contributed by atoms with van der Waals surface area (Å²) in [4.78, 5) is 0. The van der Waals surface area contributed by atoms with E-state index in [2.05, 4.69) is 0 Å². The largest absolute Gasteiger partial charge is 0.197 e. The fourth-order valence-electron chi connectivity index (χ4n) is 0.737. The Morgan fingerprint density at radius 1 is 1.36 bits per heavy atom. The van der Waals surface area contributed by atoms with E-state index in [1.54, 1.807) is 12.1 Å². The van der Waals surface area contributed by atoms with E-state index in [9.17, 15) is 4.39 Å². The maximum absolute atomic E-state index is 12.4. The SMILES string of the molecule is C#C/C(F)=C/c1ccccc1. The number of rotatable bonds is 1. The smallest absolute Gasteiger partial charge is 0.173 e. The zero-order chi connectivity index (χ0) is 8.10. The average Bonchev–Trinajstić information content (AvgIpc) is 2.06. The van der Waals surface area contributed by atoms with Crippen LogP contribution in [0.2, 0.25) is 0 Å². The van der Waals surface area contributed by atoms with Gasteiger partial charge in [-0.15, -0.1) is 6.42 Å². The molecule has 0 saturated carbocycles. The molecule has 0 saturated heterocycles. The van der Waals surface area contributed by atoms with Gasteiger partial charge in [0.15, 0.2) is 5.83 Å². The highest BCUT2D eigenvalue weighted by atomic mass is 19.1. The third-order valence-electron chi connectivity index (χ3n) is 1.23. The van der Waals surface area contributed by atoms with Crippen molar-refractivity contribution in [1.29, 1.82) is 0 Å². The Morgan fingerprint density at radius 3 is 2.55 bits per heavy atom. The van der Waals surface area contributed by atoms with E-state index in [4.69, 9.17) is 6.42 Å². The number of allylic oxidation sites excluding steroid dienone is 1. The lowest BCUT2D eigenvalue weighted by atomic mass is 10.2. The third kappa shape index (κ3) is 2.27. The van der Waals surface area contributed by atoms with E-state index < -0.39 is 5.83 Å². The second-order valence-corrected chi connectivity index (χ2v) is 2.05. The lowest BCUT2D eigenvalue weighted by Crippen LogP contribution is -1.70. The predicted molar refractivity (Wildman–Crippen MR) is 44.4 cm³/mol. The summed E-state index contributed by atoms with van der Waals surface area (Å²) in [6.45, 7) is 0. The molecule has 0 aliphatic rings. The van der Waals surface area contributed by atoms with E-state index in [1.807, 2.05) is 24.1 Å². The summed E-state index contributed by atoms with van der Waals surface area (Å²) >= 11 is 0. The minimum absolute atomic E-state index is 0.545. The van der Waals surface area contributed by atoms with Crippen molar-refractivity contribution in [2.24, 2.45) is 0 Å². The number of hydrogen-bond acceptors (Lipinski definition) is 0. The van der Waals surface area contributed by atoms with Crippen LogP contribution < -0.4 is 0 Å². The molecule has 0 N–H and O–H groups in total. The molecule has 0 heterocycles. The second kappa shape index (κ2) is 3.58. The highest BCUT2D eigenvalue weighted by molar-refractivity contribution is 5.54. The molecular formula is C10H7F. The Bertz CT molecular complexity index is 290. The molecule has 0 atom stereocenters. The first kappa shape index (κ1) is 7.56. The monoisotopic (exact) mass is 146 g/mol. The van der Waals surface area contributed by atoms with E-state index in [-0.39, 0.29) is 0 Å². The van der Waals surface area contributed by atoms with Gasteiger partial charge in [-0.2, -0.15) is 4.39 Å². The van der Waals surface area contributed by atoms with Gasteiger partial charge in [-0.25, -0.2) is 0 Å². The quantitative estimate of drug-likeness (QED) is 0.534. The van der Waals surface area contributed by atoms with Crippen LogP contribution in [0.3, 0.4) is 0 Å². The Kier molecular flexibility index (Phi) is 2.46. The van der Waals surface area contributed by atoms with Gasteiger partial charge in [0, 0.05) is 0 Å². The summed E-state index contributed by atoms with van der Waals surface area (Å²) in [5.41, 5.74) is 0.781. The predicted octanol–water partition coefficient (Wildman–Crippen LogP) is 2.63. The van der Waals surface area contributed by atoms with Crippen molar-refractivity contribution >= 4 is 6.08 Å². The van der Waals surface area contributed by atoms with Crippen molar-refractivity contribution < 1.29 is 4.39 Å². The first-order valence-corrected chi connectivity index (χ1v) is 3.22. The summed E-state index contributed by atoms with van der Waals surface area (Å²) in [6.07, 6.45) is 6.15. The van der Waals surface area contributed by atoms with Crippen molar-refractivity contribution in [2.45, 2.75) is 0 Å². The van der Waals surface area contributed by atoms with Gasteiger partial charge >= 0.3 is 0 Å². The van der Waals surface area contributed by atoms with Crippen LogP contribution >= 0.6 is 0 Å². The highest BCUT2D eigenvalue weighted by Crippen LogP contribution is 2.05. The summed E-state index contributed by atoms with van der Waals surface area (Å²) < 4.78 is 12.4. The molecule has 1 rings (SSSR count). The number of terminal acetylenes is 1.